The molecule has 1 aromatic heterocycles. The summed E-state index contributed by atoms with van der Waals surface area (Å²) in [5.41, 5.74) is 2.76. The maximum atomic E-state index is 13.8. The molecule has 0 saturated carbocycles. The fourth-order valence-corrected chi connectivity index (χ4v) is 2.53. The summed E-state index contributed by atoms with van der Waals surface area (Å²) in [6, 6.07) is 14.8. The fraction of sp³-hybridized carbons (Fsp3) is 0.235. The minimum atomic E-state index is -0.178. The van der Waals surface area contributed by atoms with E-state index in [-0.39, 0.29) is 11.9 Å². The van der Waals surface area contributed by atoms with E-state index in [2.05, 4.69) is 14.9 Å². The van der Waals surface area contributed by atoms with E-state index in [1.165, 1.54) is 6.07 Å². The first-order chi connectivity index (χ1) is 10.2. The van der Waals surface area contributed by atoms with Gasteiger partial charge in [-0.15, -0.1) is 0 Å². The van der Waals surface area contributed by atoms with Crippen LogP contribution < -0.4 is 5.32 Å². The highest BCUT2D eigenvalue weighted by Gasteiger charge is 2.12. The van der Waals surface area contributed by atoms with E-state index in [0.717, 1.165) is 16.9 Å². The zero-order chi connectivity index (χ0) is 14.8. The number of rotatable bonds is 4. The van der Waals surface area contributed by atoms with Crippen LogP contribution in [0.3, 0.4) is 0 Å². The first-order valence-electron chi connectivity index (χ1n) is 7.05. The first kappa shape index (κ1) is 13.8. The largest absolute Gasteiger partial charge is 0.330 e. The number of hydrogen-bond donors (Lipinski definition) is 1. The van der Waals surface area contributed by atoms with Gasteiger partial charge in [0.25, 0.3) is 0 Å². The van der Waals surface area contributed by atoms with Gasteiger partial charge in [0, 0.05) is 18.7 Å². The number of para-hydroxylation sites is 2. The molecule has 0 bridgehead atoms. The Bertz CT molecular complexity index is 764. The summed E-state index contributed by atoms with van der Waals surface area (Å²) in [4.78, 5) is 4.61. The summed E-state index contributed by atoms with van der Waals surface area (Å²) >= 11 is 0. The van der Waals surface area contributed by atoms with Crippen molar-refractivity contribution in [2.45, 2.75) is 19.5 Å². The average molecular weight is 283 g/mol. The van der Waals surface area contributed by atoms with Crippen molar-refractivity contribution < 1.29 is 4.39 Å². The van der Waals surface area contributed by atoms with Crippen molar-refractivity contribution in [1.82, 2.24) is 14.9 Å². The Kier molecular flexibility index (Phi) is 3.71. The van der Waals surface area contributed by atoms with Crippen LogP contribution in [-0.2, 0) is 13.6 Å². The number of halogens is 1. The Morgan fingerprint density at radius 3 is 2.62 bits per heavy atom. The van der Waals surface area contributed by atoms with Crippen molar-refractivity contribution in [3.8, 4) is 0 Å². The van der Waals surface area contributed by atoms with Gasteiger partial charge in [-0.25, -0.2) is 9.37 Å². The Morgan fingerprint density at radius 1 is 1.14 bits per heavy atom. The summed E-state index contributed by atoms with van der Waals surface area (Å²) in [5.74, 6) is 0.766. The lowest BCUT2D eigenvalue weighted by Gasteiger charge is -2.14. The standard InChI is InChI=1S/C17H18FN3/c1-12(13-7-3-4-8-14(13)18)19-11-17-20-15-9-5-6-10-16(15)21(17)2/h3-10,12,19H,11H2,1-2H3/t12-/m1/s1. The SMILES string of the molecule is C[C@@H](NCc1nc2ccccc2n1C)c1ccccc1F. The normalized spacial score (nSPS) is 12.7. The maximum absolute atomic E-state index is 13.8. The third-order valence-corrected chi connectivity index (χ3v) is 3.82. The van der Waals surface area contributed by atoms with Crippen LogP contribution >= 0.6 is 0 Å². The molecular formula is C17H18FN3. The first-order valence-corrected chi connectivity index (χ1v) is 7.05. The molecule has 0 fully saturated rings. The molecule has 4 heteroatoms. The molecule has 108 valence electrons. The molecule has 21 heavy (non-hydrogen) atoms. The van der Waals surface area contributed by atoms with E-state index >= 15 is 0 Å². The predicted octanol–water partition coefficient (Wildman–Crippen LogP) is 3.56. The lowest BCUT2D eigenvalue weighted by Crippen LogP contribution is -2.21. The number of fused-ring (bicyclic) bond motifs is 1. The van der Waals surface area contributed by atoms with Crippen LogP contribution in [0.4, 0.5) is 4.39 Å². The Hall–Kier alpha value is -2.20. The van der Waals surface area contributed by atoms with E-state index in [9.17, 15) is 4.39 Å². The van der Waals surface area contributed by atoms with Gasteiger partial charge in [-0.05, 0) is 25.1 Å². The van der Waals surface area contributed by atoms with Crippen molar-refractivity contribution >= 4 is 11.0 Å². The topological polar surface area (TPSA) is 29.9 Å². The van der Waals surface area contributed by atoms with E-state index in [0.29, 0.717) is 12.1 Å². The minimum Gasteiger partial charge on any atom is -0.330 e. The number of nitrogens with one attached hydrogen (secondary N) is 1. The predicted molar refractivity (Wildman–Crippen MR) is 82.4 cm³/mol. The van der Waals surface area contributed by atoms with Crippen LogP contribution in [0, 0.1) is 5.82 Å². The molecule has 0 aliphatic carbocycles. The second-order valence-corrected chi connectivity index (χ2v) is 5.20. The zero-order valence-electron chi connectivity index (χ0n) is 12.2. The van der Waals surface area contributed by atoms with Gasteiger partial charge in [-0.3, -0.25) is 0 Å². The quantitative estimate of drug-likeness (QED) is 0.793. The minimum absolute atomic E-state index is 0.0639. The molecule has 1 atom stereocenters. The van der Waals surface area contributed by atoms with Crippen molar-refractivity contribution in [3.05, 3.63) is 65.7 Å². The van der Waals surface area contributed by atoms with Crippen molar-refractivity contribution in [2.24, 2.45) is 7.05 Å². The number of aromatic nitrogens is 2. The van der Waals surface area contributed by atoms with Gasteiger partial charge in [0.2, 0.25) is 0 Å². The van der Waals surface area contributed by atoms with Gasteiger partial charge < -0.3 is 9.88 Å². The van der Waals surface area contributed by atoms with Crippen molar-refractivity contribution in [2.75, 3.05) is 0 Å². The Balaban J connectivity index is 1.77. The van der Waals surface area contributed by atoms with Gasteiger partial charge in [0.15, 0.2) is 0 Å². The third kappa shape index (κ3) is 2.67. The second kappa shape index (κ2) is 5.66. The molecule has 3 aromatic rings. The molecule has 0 aliphatic heterocycles. The van der Waals surface area contributed by atoms with Gasteiger partial charge in [-0.2, -0.15) is 0 Å². The van der Waals surface area contributed by atoms with E-state index < -0.39 is 0 Å². The van der Waals surface area contributed by atoms with Crippen LogP contribution in [0.1, 0.15) is 24.4 Å². The molecule has 3 rings (SSSR count). The average Bonchev–Trinajstić information content (AvgIpc) is 2.82. The summed E-state index contributed by atoms with van der Waals surface area (Å²) in [5, 5.41) is 3.33. The molecular weight excluding hydrogens is 265 g/mol. The molecule has 0 aliphatic rings. The summed E-state index contributed by atoms with van der Waals surface area (Å²) in [7, 11) is 2.00. The Morgan fingerprint density at radius 2 is 1.86 bits per heavy atom. The number of benzene rings is 2. The number of hydrogen-bond acceptors (Lipinski definition) is 2. The molecule has 3 nitrogen and oxygen atoms in total. The van der Waals surface area contributed by atoms with E-state index in [4.69, 9.17) is 0 Å². The molecule has 0 amide bonds. The highest BCUT2D eigenvalue weighted by Crippen LogP contribution is 2.18. The Labute approximate surface area is 123 Å². The highest BCUT2D eigenvalue weighted by molar-refractivity contribution is 5.75. The molecule has 0 saturated heterocycles. The van der Waals surface area contributed by atoms with Crippen LogP contribution in [-0.4, -0.2) is 9.55 Å². The van der Waals surface area contributed by atoms with E-state index in [1.54, 1.807) is 6.07 Å². The molecule has 1 N–H and O–H groups in total. The molecule has 0 spiro atoms. The monoisotopic (exact) mass is 283 g/mol. The van der Waals surface area contributed by atoms with Gasteiger partial charge in [0.05, 0.1) is 17.6 Å². The van der Waals surface area contributed by atoms with Crippen molar-refractivity contribution in [1.29, 1.82) is 0 Å². The smallest absolute Gasteiger partial charge is 0.127 e. The third-order valence-electron chi connectivity index (χ3n) is 3.82. The zero-order valence-corrected chi connectivity index (χ0v) is 12.2. The van der Waals surface area contributed by atoms with Crippen LogP contribution in [0.5, 0.6) is 0 Å². The fourth-order valence-electron chi connectivity index (χ4n) is 2.53. The highest BCUT2D eigenvalue weighted by atomic mass is 19.1. The van der Waals surface area contributed by atoms with Crippen LogP contribution in [0.25, 0.3) is 11.0 Å². The number of aryl methyl sites for hydroxylation is 1. The summed E-state index contributed by atoms with van der Waals surface area (Å²) in [6.07, 6.45) is 0. The number of imidazole rings is 1. The lowest BCUT2D eigenvalue weighted by atomic mass is 10.1. The molecule has 2 aromatic carbocycles. The van der Waals surface area contributed by atoms with Gasteiger partial charge in [0.1, 0.15) is 11.6 Å². The van der Waals surface area contributed by atoms with Crippen molar-refractivity contribution in [3.63, 3.8) is 0 Å². The maximum Gasteiger partial charge on any atom is 0.127 e. The van der Waals surface area contributed by atoms with Gasteiger partial charge in [-0.1, -0.05) is 30.3 Å². The number of nitrogens with zero attached hydrogens (tertiary/aromatic N) is 2. The summed E-state index contributed by atoms with van der Waals surface area (Å²) in [6.45, 7) is 2.56. The molecule has 0 radical (unpaired) electrons. The lowest BCUT2D eigenvalue weighted by molar-refractivity contribution is 0.516. The van der Waals surface area contributed by atoms with Crippen LogP contribution in [0.15, 0.2) is 48.5 Å². The summed E-state index contributed by atoms with van der Waals surface area (Å²) < 4.78 is 15.8. The van der Waals surface area contributed by atoms with Crippen LogP contribution in [0.2, 0.25) is 0 Å². The van der Waals surface area contributed by atoms with E-state index in [1.807, 2.05) is 50.4 Å². The second-order valence-electron chi connectivity index (χ2n) is 5.20. The molecule has 1 heterocycles. The molecule has 0 unspecified atom stereocenters. The van der Waals surface area contributed by atoms with Gasteiger partial charge >= 0.3 is 0 Å².